The van der Waals surface area contributed by atoms with E-state index < -0.39 is 0 Å². The van der Waals surface area contributed by atoms with Crippen LogP contribution in [0.2, 0.25) is 0 Å². The molecule has 0 radical (unpaired) electrons. The number of ketones is 1. The van der Waals surface area contributed by atoms with Crippen LogP contribution in [0.15, 0.2) is 91.3 Å². The third-order valence-corrected chi connectivity index (χ3v) is 5.70. The van der Waals surface area contributed by atoms with Gasteiger partial charge in [0.15, 0.2) is 18.2 Å². The summed E-state index contributed by atoms with van der Waals surface area (Å²) in [5.74, 6) is 0.665. The molecule has 2 aromatic heterocycles. The van der Waals surface area contributed by atoms with Gasteiger partial charge >= 0.3 is 0 Å². The van der Waals surface area contributed by atoms with Crippen LogP contribution in [0.3, 0.4) is 0 Å². The zero-order chi connectivity index (χ0) is 20.3. The fraction of sp³-hybridized carbons (Fsp3) is 0.192. The maximum atomic E-state index is 12.2. The van der Waals surface area contributed by atoms with Gasteiger partial charge in [-0.15, -0.1) is 0 Å². The molecule has 0 saturated heterocycles. The van der Waals surface area contributed by atoms with Crippen LogP contribution in [-0.4, -0.2) is 16.0 Å². The number of nitrogens with one attached hydrogen (secondary N) is 1. The van der Waals surface area contributed by atoms with Crippen molar-refractivity contribution in [3.8, 4) is 11.3 Å². The Morgan fingerprint density at radius 1 is 0.968 bits per heavy atom. The number of pyridine rings is 1. The standard InChI is InChI=1S/C26H24N3O.ClH/c30-25(19-13-14-19)18-29-15-7-12-22(17-29)23-16-24(28-27-23)26(20-8-3-1-4-9-20)21-10-5-2-6-11-21;/h1-12,15-17,19,26H,13-14,18H2,(H,27,28);1H/q+1;/p-1. The second-order valence-corrected chi connectivity index (χ2v) is 7.97. The molecule has 1 fully saturated rings. The molecular weight excluding hydrogens is 406 g/mol. The summed E-state index contributed by atoms with van der Waals surface area (Å²) in [4.78, 5) is 12.2. The number of benzene rings is 2. The Hall–Kier alpha value is -3.24. The highest BCUT2D eigenvalue weighted by Gasteiger charge is 2.31. The minimum atomic E-state index is 0. The van der Waals surface area contributed by atoms with Crippen molar-refractivity contribution in [1.82, 2.24) is 10.2 Å². The van der Waals surface area contributed by atoms with E-state index in [4.69, 9.17) is 0 Å². The highest BCUT2D eigenvalue weighted by molar-refractivity contribution is 5.81. The van der Waals surface area contributed by atoms with E-state index in [1.54, 1.807) is 0 Å². The number of rotatable bonds is 7. The number of aromatic amines is 1. The summed E-state index contributed by atoms with van der Waals surface area (Å²) in [5, 5.41) is 7.88. The van der Waals surface area contributed by atoms with Gasteiger partial charge in [-0.2, -0.15) is 9.67 Å². The van der Waals surface area contributed by atoms with E-state index >= 15 is 0 Å². The number of nitrogens with zero attached hydrogens (tertiary/aromatic N) is 2. The van der Waals surface area contributed by atoms with Crippen LogP contribution < -0.4 is 17.0 Å². The largest absolute Gasteiger partial charge is 1.00 e. The highest BCUT2D eigenvalue weighted by Crippen LogP contribution is 2.32. The Morgan fingerprint density at radius 3 is 2.23 bits per heavy atom. The molecule has 0 spiro atoms. The van der Waals surface area contributed by atoms with E-state index in [0.717, 1.165) is 29.8 Å². The van der Waals surface area contributed by atoms with Crippen molar-refractivity contribution in [3.05, 3.63) is 108 Å². The highest BCUT2D eigenvalue weighted by atomic mass is 35.5. The lowest BCUT2D eigenvalue weighted by atomic mass is 9.88. The van der Waals surface area contributed by atoms with Crippen LogP contribution in [0.4, 0.5) is 0 Å². The fourth-order valence-corrected chi connectivity index (χ4v) is 3.95. The molecule has 2 heterocycles. The number of carbonyl (C=O) groups excluding carboxylic acids is 1. The second-order valence-electron chi connectivity index (χ2n) is 7.97. The van der Waals surface area contributed by atoms with Gasteiger partial charge in [-0.05, 0) is 36.1 Å². The number of halogens is 1. The third kappa shape index (κ3) is 4.75. The third-order valence-electron chi connectivity index (χ3n) is 5.70. The predicted octanol–water partition coefficient (Wildman–Crippen LogP) is 1.53. The summed E-state index contributed by atoms with van der Waals surface area (Å²) in [6, 6.07) is 27.1. The van der Waals surface area contributed by atoms with Crippen molar-refractivity contribution < 1.29 is 21.8 Å². The quantitative estimate of drug-likeness (QED) is 0.453. The van der Waals surface area contributed by atoms with Crippen molar-refractivity contribution in [2.75, 3.05) is 0 Å². The van der Waals surface area contributed by atoms with Crippen LogP contribution in [0.1, 0.15) is 35.6 Å². The van der Waals surface area contributed by atoms with E-state index in [9.17, 15) is 4.79 Å². The molecule has 0 bridgehead atoms. The average Bonchev–Trinajstić information content (AvgIpc) is 3.54. The van der Waals surface area contributed by atoms with Gasteiger partial charge < -0.3 is 12.4 Å². The molecular formula is C26H24ClN3O. The van der Waals surface area contributed by atoms with Crippen molar-refractivity contribution in [1.29, 1.82) is 0 Å². The molecule has 1 saturated carbocycles. The first-order valence-corrected chi connectivity index (χ1v) is 10.5. The zero-order valence-electron chi connectivity index (χ0n) is 17.1. The van der Waals surface area contributed by atoms with Gasteiger partial charge in [0.05, 0.1) is 22.9 Å². The van der Waals surface area contributed by atoms with Crippen molar-refractivity contribution in [2.24, 2.45) is 5.92 Å². The van der Waals surface area contributed by atoms with E-state index in [0.29, 0.717) is 12.3 Å². The fourth-order valence-electron chi connectivity index (χ4n) is 3.95. The molecule has 1 aliphatic carbocycles. The molecule has 0 unspecified atom stereocenters. The number of H-pyrrole nitrogens is 1. The molecule has 156 valence electrons. The molecule has 4 nitrogen and oxygen atoms in total. The summed E-state index contributed by atoms with van der Waals surface area (Å²) in [7, 11) is 0. The van der Waals surface area contributed by atoms with Gasteiger partial charge in [0.1, 0.15) is 0 Å². The van der Waals surface area contributed by atoms with Crippen molar-refractivity contribution in [2.45, 2.75) is 25.3 Å². The first-order chi connectivity index (χ1) is 14.8. The lowest BCUT2D eigenvalue weighted by Gasteiger charge is -2.15. The molecule has 0 atom stereocenters. The monoisotopic (exact) mass is 429 g/mol. The molecule has 5 rings (SSSR count). The van der Waals surface area contributed by atoms with Gasteiger partial charge in [0.25, 0.3) is 0 Å². The Bertz CT molecular complexity index is 1110. The van der Waals surface area contributed by atoms with Gasteiger partial charge in [0, 0.05) is 12.0 Å². The van der Waals surface area contributed by atoms with E-state index in [1.165, 1.54) is 11.1 Å². The number of hydrogen-bond acceptors (Lipinski definition) is 2. The Morgan fingerprint density at radius 2 is 1.61 bits per heavy atom. The molecule has 1 N–H and O–H groups in total. The summed E-state index contributed by atoms with van der Waals surface area (Å²) in [5.41, 5.74) is 5.38. The van der Waals surface area contributed by atoms with Gasteiger partial charge in [-0.3, -0.25) is 9.89 Å². The minimum absolute atomic E-state index is 0. The molecule has 0 aliphatic heterocycles. The zero-order valence-corrected chi connectivity index (χ0v) is 17.9. The van der Waals surface area contributed by atoms with Crippen LogP contribution in [0.25, 0.3) is 11.3 Å². The Balaban J connectivity index is 0.00000231. The van der Waals surface area contributed by atoms with E-state index in [1.807, 2.05) is 35.2 Å². The SMILES string of the molecule is O=C(C[n+]1cccc(-c2cc(C(c3ccccc3)c3ccccc3)n[nH]2)c1)C1CC1.[Cl-]. The van der Waals surface area contributed by atoms with Crippen LogP contribution in [-0.2, 0) is 11.3 Å². The average molecular weight is 430 g/mol. The molecule has 31 heavy (non-hydrogen) atoms. The molecule has 5 heteroatoms. The minimum Gasteiger partial charge on any atom is -1.00 e. The maximum absolute atomic E-state index is 12.2. The van der Waals surface area contributed by atoms with Gasteiger partial charge in [-0.1, -0.05) is 60.7 Å². The predicted molar refractivity (Wildman–Crippen MR) is 116 cm³/mol. The normalized spacial score (nSPS) is 13.1. The number of hydrogen-bond donors (Lipinski definition) is 1. The maximum Gasteiger partial charge on any atom is 0.206 e. The second kappa shape index (κ2) is 9.27. The topological polar surface area (TPSA) is 49.6 Å². The van der Waals surface area contributed by atoms with E-state index in [-0.39, 0.29) is 24.2 Å². The Labute approximate surface area is 188 Å². The van der Waals surface area contributed by atoms with Crippen LogP contribution in [0.5, 0.6) is 0 Å². The van der Waals surface area contributed by atoms with Crippen LogP contribution >= 0.6 is 0 Å². The summed E-state index contributed by atoms with van der Waals surface area (Å²) >= 11 is 0. The number of carbonyl (C=O) groups is 1. The lowest BCUT2D eigenvalue weighted by molar-refractivity contribution is -0.684. The summed E-state index contributed by atoms with van der Waals surface area (Å²) < 4.78 is 1.97. The smallest absolute Gasteiger partial charge is 0.206 e. The lowest BCUT2D eigenvalue weighted by Crippen LogP contribution is -3.00. The van der Waals surface area contributed by atoms with Crippen molar-refractivity contribution >= 4 is 5.78 Å². The van der Waals surface area contributed by atoms with Gasteiger partial charge in [0.2, 0.25) is 6.54 Å². The van der Waals surface area contributed by atoms with Gasteiger partial charge in [-0.25, -0.2) is 0 Å². The molecule has 2 aromatic carbocycles. The van der Waals surface area contributed by atoms with Crippen molar-refractivity contribution in [3.63, 3.8) is 0 Å². The Kier molecular flexibility index (Phi) is 6.28. The number of aromatic nitrogens is 3. The van der Waals surface area contributed by atoms with Crippen LogP contribution in [0, 0.1) is 5.92 Å². The number of Topliss-reactive ketones (excluding diaryl/α,β-unsaturated/α-hetero) is 1. The summed E-state index contributed by atoms with van der Waals surface area (Å²) in [6.07, 6.45) is 6.07. The molecule has 4 aromatic rings. The molecule has 0 amide bonds. The summed E-state index contributed by atoms with van der Waals surface area (Å²) in [6.45, 7) is 0.441. The first-order valence-electron chi connectivity index (χ1n) is 10.5. The van der Waals surface area contributed by atoms with E-state index in [2.05, 4.69) is 70.9 Å². The molecule has 1 aliphatic rings. The first kappa shape index (κ1) is 21.0.